The molecule has 0 aromatic rings. The SMILES string of the molecule is CC(C)CCCCCCN(C)C1CCNCC1. The predicted octanol–water partition coefficient (Wildman–Crippen LogP) is 3.28. The Hall–Kier alpha value is -0.0800. The first-order valence-electron chi connectivity index (χ1n) is 7.61. The lowest BCUT2D eigenvalue weighted by molar-refractivity contribution is 0.195. The van der Waals surface area contributed by atoms with Crippen molar-refractivity contribution in [2.75, 3.05) is 26.7 Å². The Morgan fingerprint density at radius 1 is 1.06 bits per heavy atom. The van der Waals surface area contributed by atoms with Gasteiger partial charge in [-0.1, -0.05) is 39.5 Å². The molecule has 0 radical (unpaired) electrons. The Bertz CT molecular complexity index is 174. The third-order valence-electron chi connectivity index (χ3n) is 3.97. The lowest BCUT2D eigenvalue weighted by atomic mass is 10.0. The Labute approximate surface area is 108 Å². The summed E-state index contributed by atoms with van der Waals surface area (Å²) < 4.78 is 0. The highest BCUT2D eigenvalue weighted by Gasteiger charge is 2.16. The first-order chi connectivity index (χ1) is 8.20. The zero-order chi connectivity index (χ0) is 12.5. The first-order valence-corrected chi connectivity index (χ1v) is 7.61. The minimum absolute atomic E-state index is 0.840. The maximum Gasteiger partial charge on any atom is 0.0116 e. The topological polar surface area (TPSA) is 15.3 Å². The van der Waals surface area contributed by atoms with Gasteiger partial charge in [-0.15, -0.1) is 0 Å². The summed E-state index contributed by atoms with van der Waals surface area (Å²) in [7, 11) is 2.31. The van der Waals surface area contributed by atoms with Crippen molar-refractivity contribution in [2.24, 2.45) is 5.92 Å². The van der Waals surface area contributed by atoms with Crippen LogP contribution in [0.1, 0.15) is 58.8 Å². The molecular weight excluding hydrogens is 208 g/mol. The Kier molecular flexibility index (Phi) is 7.87. The van der Waals surface area contributed by atoms with Crippen molar-refractivity contribution >= 4 is 0 Å². The van der Waals surface area contributed by atoms with Crippen LogP contribution >= 0.6 is 0 Å². The van der Waals surface area contributed by atoms with Crippen molar-refractivity contribution in [1.82, 2.24) is 10.2 Å². The van der Waals surface area contributed by atoms with E-state index < -0.39 is 0 Å². The zero-order valence-corrected chi connectivity index (χ0v) is 12.2. The molecule has 0 aromatic heterocycles. The number of nitrogens with zero attached hydrogens (tertiary/aromatic N) is 1. The monoisotopic (exact) mass is 240 g/mol. The molecule has 1 aliphatic heterocycles. The molecule has 0 aliphatic carbocycles. The van der Waals surface area contributed by atoms with Gasteiger partial charge in [0.2, 0.25) is 0 Å². The second-order valence-corrected chi connectivity index (χ2v) is 6.06. The highest BCUT2D eigenvalue weighted by molar-refractivity contribution is 4.75. The van der Waals surface area contributed by atoms with Gasteiger partial charge >= 0.3 is 0 Å². The van der Waals surface area contributed by atoms with Gasteiger partial charge in [-0.3, -0.25) is 0 Å². The van der Waals surface area contributed by atoms with Crippen LogP contribution in [0.15, 0.2) is 0 Å². The second kappa shape index (κ2) is 8.93. The average molecular weight is 240 g/mol. The number of hydrogen-bond acceptors (Lipinski definition) is 2. The van der Waals surface area contributed by atoms with E-state index in [1.54, 1.807) is 0 Å². The van der Waals surface area contributed by atoms with Crippen molar-refractivity contribution in [3.63, 3.8) is 0 Å². The van der Waals surface area contributed by atoms with Crippen molar-refractivity contribution in [3.8, 4) is 0 Å². The van der Waals surface area contributed by atoms with E-state index in [0.717, 1.165) is 12.0 Å². The molecule has 0 aromatic carbocycles. The van der Waals surface area contributed by atoms with E-state index in [4.69, 9.17) is 0 Å². The maximum absolute atomic E-state index is 3.44. The van der Waals surface area contributed by atoms with Crippen LogP contribution in [0.5, 0.6) is 0 Å². The largest absolute Gasteiger partial charge is 0.317 e. The molecule has 2 nitrogen and oxygen atoms in total. The molecule has 17 heavy (non-hydrogen) atoms. The van der Waals surface area contributed by atoms with Crippen LogP contribution in [-0.2, 0) is 0 Å². The predicted molar refractivity (Wildman–Crippen MR) is 76.4 cm³/mol. The van der Waals surface area contributed by atoms with Crippen LogP contribution < -0.4 is 5.32 Å². The van der Waals surface area contributed by atoms with E-state index in [1.807, 2.05) is 0 Å². The van der Waals surface area contributed by atoms with Gasteiger partial charge in [0.05, 0.1) is 0 Å². The Morgan fingerprint density at radius 3 is 2.35 bits per heavy atom. The van der Waals surface area contributed by atoms with Crippen LogP contribution in [0.3, 0.4) is 0 Å². The van der Waals surface area contributed by atoms with Crippen LogP contribution in [0, 0.1) is 5.92 Å². The summed E-state index contributed by atoms with van der Waals surface area (Å²) in [6.45, 7) is 8.37. The molecule has 1 rings (SSSR count). The first kappa shape index (κ1) is 15.0. The second-order valence-electron chi connectivity index (χ2n) is 6.06. The lowest BCUT2D eigenvalue weighted by Gasteiger charge is -2.31. The third-order valence-corrected chi connectivity index (χ3v) is 3.97. The fraction of sp³-hybridized carbons (Fsp3) is 1.00. The normalized spacial score (nSPS) is 18.2. The molecule has 0 spiro atoms. The highest BCUT2D eigenvalue weighted by Crippen LogP contribution is 2.13. The fourth-order valence-corrected chi connectivity index (χ4v) is 2.70. The summed E-state index contributed by atoms with van der Waals surface area (Å²) in [5.41, 5.74) is 0. The molecule has 1 N–H and O–H groups in total. The molecule has 0 bridgehead atoms. The Morgan fingerprint density at radius 2 is 1.71 bits per heavy atom. The summed E-state index contributed by atoms with van der Waals surface area (Å²) in [4.78, 5) is 2.59. The summed E-state index contributed by atoms with van der Waals surface area (Å²) in [5.74, 6) is 0.882. The molecule has 1 aliphatic rings. The molecular formula is C15H32N2. The van der Waals surface area contributed by atoms with Crippen molar-refractivity contribution in [1.29, 1.82) is 0 Å². The Balaban J connectivity index is 1.94. The quantitative estimate of drug-likeness (QED) is 0.655. The van der Waals surface area contributed by atoms with E-state index in [0.29, 0.717) is 0 Å². The van der Waals surface area contributed by atoms with E-state index >= 15 is 0 Å². The van der Waals surface area contributed by atoms with E-state index in [-0.39, 0.29) is 0 Å². The minimum atomic E-state index is 0.840. The number of unbranched alkanes of at least 4 members (excludes halogenated alkanes) is 3. The highest BCUT2D eigenvalue weighted by atomic mass is 15.1. The molecule has 1 fully saturated rings. The molecule has 0 saturated carbocycles. The summed E-state index contributed by atoms with van der Waals surface area (Å²) in [6.07, 6.45) is 9.74. The minimum Gasteiger partial charge on any atom is -0.317 e. The molecule has 1 heterocycles. The molecule has 0 atom stereocenters. The number of piperidine rings is 1. The van der Waals surface area contributed by atoms with Gasteiger partial charge in [0.1, 0.15) is 0 Å². The van der Waals surface area contributed by atoms with Gasteiger partial charge in [-0.2, -0.15) is 0 Å². The molecule has 102 valence electrons. The molecule has 1 saturated heterocycles. The van der Waals surface area contributed by atoms with Crippen molar-refractivity contribution < 1.29 is 0 Å². The molecule has 0 amide bonds. The van der Waals surface area contributed by atoms with E-state index in [9.17, 15) is 0 Å². The zero-order valence-electron chi connectivity index (χ0n) is 12.2. The van der Waals surface area contributed by atoms with Gasteiger partial charge in [-0.05, 0) is 51.9 Å². The van der Waals surface area contributed by atoms with Gasteiger partial charge in [0.15, 0.2) is 0 Å². The fourth-order valence-electron chi connectivity index (χ4n) is 2.70. The number of nitrogens with one attached hydrogen (secondary N) is 1. The molecule has 2 heteroatoms. The number of rotatable bonds is 8. The van der Waals surface area contributed by atoms with Crippen LogP contribution in [0.2, 0.25) is 0 Å². The standard InChI is InChI=1S/C15H32N2/c1-14(2)8-6-4-5-7-13-17(3)15-9-11-16-12-10-15/h14-16H,4-13H2,1-3H3. The van der Waals surface area contributed by atoms with E-state index in [1.165, 1.54) is 64.6 Å². The summed E-state index contributed by atoms with van der Waals surface area (Å²) in [5, 5.41) is 3.44. The van der Waals surface area contributed by atoms with Crippen molar-refractivity contribution in [2.45, 2.75) is 64.8 Å². The molecule has 0 unspecified atom stereocenters. The van der Waals surface area contributed by atoms with E-state index in [2.05, 4.69) is 31.1 Å². The van der Waals surface area contributed by atoms with Gasteiger partial charge in [-0.25, -0.2) is 0 Å². The smallest absolute Gasteiger partial charge is 0.0116 e. The van der Waals surface area contributed by atoms with Crippen LogP contribution in [-0.4, -0.2) is 37.6 Å². The van der Waals surface area contributed by atoms with Gasteiger partial charge in [0, 0.05) is 6.04 Å². The van der Waals surface area contributed by atoms with Crippen LogP contribution in [0.4, 0.5) is 0 Å². The van der Waals surface area contributed by atoms with Crippen molar-refractivity contribution in [3.05, 3.63) is 0 Å². The maximum atomic E-state index is 3.44. The van der Waals surface area contributed by atoms with Gasteiger partial charge < -0.3 is 10.2 Å². The van der Waals surface area contributed by atoms with Gasteiger partial charge in [0.25, 0.3) is 0 Å². The summed E-state index contributed by atoms with van der Waals surface area (Å²) >= 11 is 0. The lowest BCUT2D eigenvalue weighted by Crippen LogP contribution is -2.41. The van der Waals surface area contributed by atoms with Crippen LogP contribution in [0.25, 0.3) is 0 Å². The number of hydrogen-bond donors (Lipinski definition) is 1. The average Bonchev–Trinajstić information content (AvgIpc) is 2.34. The summed E-state index contributed by atoms with van der Waals surface area (Å²) in [6, 6.07) is 0.840. The third kappa shape index (κ3) is 7.05.